The smallest absolute Gasteiger partial charge is 0.140 e. The summed E-state index contributed by atoms with van der Waals surface area (Å²) in [6.45, 7) is 3.98. The molecule has 1 aromatic carbocycles. The molecular weight excluding hydrogens is 222 g/mol. The lowest BCUT2D eigenvalue weighted by Crippen LogP contribution is -2.47. The van der Waals surface area contributed by atoms with Gasteiger partial charge in [-0.15, -0.1) is 0 Å². The lowest BCUT2D eigenvalue weighted by atomic mass is 9.84. The van der Waals surface area contributed by atoms with Gasteiger partial charge in [-0.3, -0.25) is 4.79 Å². The van der Waals surface area contributed by atoms with E-state index in [1.165, 1.54) is 0 Å². The second-order valence-corrected chi connectivity index (χ2v) is 4.92. The molecular formula is C13H16ClNO. The Balaban J connectivity index is 1.96. The van der Waals surface area contributed by atoms with Gasteiger partial charge in [0.05, 0.1) is 0 Å². The maximum atomic E-state index is 12.0. The Labute approximate surface area is 101 Å². The number of carbonyl (C=O) groups is 1. The zero-order valence-electron chi connectivity index (χ0n) is 9.37. The molecule has 1 heterocycles. The highest BCUT2D eigenvalue weighted by Gasteiger charge is 2.28. The highest BCUT2D eigenvalue weighted by molar-refractivity contribution is 6.30. The van der Waals surface area contributed by atoms with Crippen molar-refractivity contribution >= 4 is 17.4 Å². The van der Waals surface area contributed by atoms with Crippen LogP contribution in [0.1, 0.15) is 12.5 Å². The van der Waals surface area contributed by atoms with Crippen LogP contribution in [0, 0.1) is 11.8 Å². The number of ketones is 1. The monoisotopic (exact) mass is 237 g/mol. The van der Waals surface area contributed by atoms with Crippen LogP contribution in [0.4, 0.5) is 0 Å². The number of carbonyl (C=O) groups excluding carboxylic acids is 1. The Hall–Kier alpha value is -0.860. The van der Waals surface area contributed by atoms with E-state index in [9.17, 15) is 4.79 Å². The number of nitrogens with one attached hydrogen (secondary N) is 1. The van der Waals surface area contributed by atoms with Crippen molar-refractivity contribution < 1.29 is 4.79 Å². The summed E-state index contributed by atoms with van der Waals surface area (Å²) in [6.07, 6.45) is 0.498. The standard InChI is InChI=1S/C13H16ClNO/c1-9(11-7-15-8-11)13(16)6-10-3-2-4-12(14)5-10/h2-5,9,11,15H,6-8H2,1H3. The molecule has 1 aromatic rings. The van der Waals surface area contributed by atoms with E-state index >= 15 is 0 Å². The third-order valence-electron chi connectivity index (χ3n) is 3.30. The van der Waals surface area contributed by atoms with E-state index in [-0.39, 0.29) is 5.92 Å². The average Bonchev–Trinajstić information content (AvgIpc) is 2.14. The van der Waals surface area contributed by atoms with E-state index in [2.05, 4.69) is 5.32 Å². The van der Waals surface area contributed by atoms with Crippen LogP contribution in [0.5, 0.6) is 0 Å². The predicted molar refractivity (Wildman–Crippen MR) is 65.7 cm³/mol. The molecule has 16 heavy (non-hydrogen) atoms. The van der Waals surface area contributed by atoms with Crippen molar-refractivity contribution in [3.8, 4) is 0 Å². The summed E-state index contributed by atoms with van der Waals surface area (Å²) in [5, 5.41) is 3.89. The summed E-state index contributed by atoms with van der Waals surface area (Å²) >= 11 is 5.89. The van der Waals surface area contributed by atoms with Crippen molar-refractivity contribution in [3.05, 3.63) is 34.9 Å². The minimum Gasteiger partial charge on any atom is -0.316 e. The van der Waals surface area contributed by atoms with Gasteiger partial charge in [0.1, 0.15) is 5.78 Å². The van der Waals surface area contributed by atoms with E-state index in [0.717, 1.165) is 18.7 Å². The van der Waals surface area contributed by atoms with Gasteiger partial charge in [0, 0.05) is 17.4 Å². The third kappa shape index (κ3) is 2.63. The van der Waals surface area contributed by atoms with Gasteiger partial charge < -0.3 is 5.32 Å². The minimum atomic E-state index is 0.153. The second-order valence-electron chi connectivity index (χ2n) is 4.48. The maximum Gasteiger partial charge on any atom is 0.140 e. The summed E-state index contributed by atoms with van der Waals surface area (Å²) in [4.78, 5) is 12.0. The average molecular weight is 238 g/mol. The van der Waals surface area contributed by atoms with Gasteiger partial charge in [-0.25, -0.2) is 0 Å². The van der Waals surface area contributed by atoms with Gasteiger partial charge in [-0.2, -0.15) is 0 Å². The molecule has 0 spiro atoms. The predicted octanol–water partition coefficient (Wildman–Crippen LogP) is 2.31. The van der Waals surface area contributed by atoms with E-state index < -0.39 is 0 Å². The molecule has 0 aliphatic carbocycles. The summed E-state index contributed by atoms with van der Waals surface area (Å²) < 4.78 is 0. The largest absolute Gasteiger partial charge is 0.316 e. The zero-order valence-corrected chi connectivity index (χ0v) is 10.1. The first kappa shape index (κ1) is 11.6. The van der Waals surface area contributed by atoms with E-state index in [4.69, 9.17) is 11.6 Å². The third-order valence-corrected chi connectivity index (χ3v) is 3.53. The molecule has 3 heteroatoms. The van der Waals surface area contributed by atoms with Gasteiger partial charge in [0.15, 0.2) is 0 Å². The molecule has 0 bridgehead atoms. The Morgan fingerprint density at radius 1 is 1.56 bits per heavy atom. The first-order valence-electron chi connectivity index (χ1n) is 5.64. The second kappa shape index (κ2) is 4.98. The fourth-order valence-corrected chi connectivity index (χ4v) is 2.15. The fourth-order valence-electron chi connectivity index (χ4n) is 1.94. The fraction of sp³-hybridized carbons (Fsp3) is 0.462. The van der Waals surface area contributed by atoms with Crippen molar-refractivity contribution in [2.75, 3.05) is 13.1 Å². The molecule has 86 valence electrons. The van der Waals surface area contributed by atoms with Crippen LogP contribution in [0.3, 0.4) is 0 Å². The summed E-state index contributed by atoms with van der Waals surface area (Å²) in [5.41, 5.74) is 1.01. The molecule has 1 fully saturated rings. The number of benzene rings is 1. The first-order chi connectivity index (χ1) is 7.66. The minimum absolute atomic E-state index is 0.153. The molecule has 0 amide bonds. The molecule has 1 saturated heterocycles. The van der Waals surface area contributed by atoms with E-state index in [0.29, 0.717) is 23.1 Å². The topological polar surface area (TPSA) is 29.1 Å². The van der Waals surface area contributed by atoms with Gasteiger partial charge in [0.25, 0.3) is 0 Å². The van der Waals surface area contributed by atoms with Crippen LogP contribution in [0.15, 0.2) is 24.3 Å². The van der Waals surface area contributed by atoms with Gasteiger partial charge >= 0.3 is 0 Å². The van der Waals surface area contributed by atoms with Crippen LogP contribution >= 0.6 is 11.6 Å². The van der Waals surface area contributed by atoms with Crippen LogP contribution in [-0.4, -0.2) is 18.9 Å². The van der Waals surface area contributed by atoms with Crippen molar-refractivity contribution in [1.29, 1.82) is 0 Å². The number of Topliss-reactive ketones (excluding diaryl/α,β-unsaturated/α-hetero) is 1. The van der Waals surface area contributed by atoms with Crippen molar-refractivity contribution in [3.63, 3.8) is 0 Å². The maximum absolute atomic E-state index is 12.0. The molecule has 1 N–H and O–H groups in total. The molecule has 1 unspecified atom stereocenters. The van der Waals surface area contributed by atoms with Crippen molar-refractivity contribution in [2.24, 2.45) is 11.8 Å². The van der Waals surface area contributed by atoms with Crippen molar-refractivity contribution in [1.82, 2.24) is 5.32 Å². The summed E-state index contributed by atoms with van der Waals surface area (Å²) in [5.74, 6) is 0.987. The lowest BCUT2D eigenvalue weighted by Gasteiger charge is -2.31. The van der Waals surface area contributed by atoms with Crippen LogP contribution in [-0.2, 0) is 11.2 Å². The number of hydrogen-bond acceptors (Lipinski definition) is 2. The Morgan fingerprint density at radius 3 is 2.88 bits per heavy atom. The van der Waals surface area contributed by atoms with E-state index in [1.807, 2.05) is 31.2 Å². The van der Waals surface area contributed by atoms with Crippen molar-refractivity contribution in [2.45, 2.75) is 13.3 Å². The lowest BCUT2D eigenvalue weighted by molar-refractivity contribution is -0.123. The molecule has 0 radical (unpaired) electrons. The van der Waals surface area contributed by atoms with Crippen LogP contribution in [0.2, 0.25) is 5.02 Å². The molecule has 2 nitrogen and oxygen atoms in total. The molecule has 0 saturated carbocycles. The van der Waals surface area contributed by atoms with Gasteiger partial charge in [0.2, 0.25) is 0 Å². The summed E-state index contributed by atoms with van der Waals surface area (Å²) in [7, 11) is 0. The number of rotatable bonds is 4. The Bertz CT molecular complexity index is 387. The zero-order chi connectivity index (χ0) is 11.5. The van der Waals surface area contributed by atoms with Crippen LogP contribution in [0.25, 0.3) is 0 Å². The van der Waals surface area contributed by atoms with E-state index in [1.54, 1.807) is 0 Å². The van der Waals surface area contributed by atoms with Gasteiger partial charge in [-0.05, 0) is 36.7 Å². The molecule has 1 aliphatic heterocycles. The Morgan fingerprint density at radius 2 is 2.31 bits per heavy atom. The first-order valence-corrected chi connectivity index (χ1v) is 6.02. The number of halogens is 1. The van der Waals surface area contributed by atoms with Gasteiger partial charge in [-0.1, -0.05) is 30.7 Å². The molecule has 1 atom stereocenters. The Kier molecular flexibility index (Phi) is 3.62. The van der Waals surface area contributed by atoms with Crippen LogP contribution < -0.4 is 5.32 Å². The SMILES string of the molecule is CC(C(=O)Cc1cccc(Cl)c1)C1CNC1. The highest BCUT2D eigenvalue weighted by atomic mass is 35.5. The molecule has 2 rings (SSSR count). The molecule has 0 aromatic heterocycles. The summed E-state index contributed by atoms with van der Waals surface area (Å²) in [6, 6.07) is 7.54. The quantitative estimate of drug-likeness (QED) is 0.871. The number of hydrogen-bond donors (Lipinski definition) is 1. The normalized spacial score (nSPS) is 17.9. The highest BCUT2D eigenvalue weighted by Crippen LogP contribution is 2.19. The molecule has 1 aliphatic rings.